The van der Waals surface area contributed by atoms with Crippen molar-refractivity contribution < 1.29 is 28.3 Å². The molecule has 5 rings (SSSR count). The standard InChI is InChI=1S/C31H39N5O6S/c1-30(2,3)43(38)35-27-22-9-7-8-10-23(22)42-31(27)13-15-36(16-14-31)28-26(29(37)41-6)33-19-25(34-28)32-18-20-11-12-21(39-4)17-24(20)40-5/h7-12,17,19,27,35H,13-16,18H2,1-6H3,(H,32,34)/t27-,43?/m1/s1. The largest absolute Gasteiger partial charge is 0.598 e. The second-order valence-electron chi connectivity index (χ2n) is 11.6. The number of para-hydroxylation sites is 1. The van der Waals surface area contributed by atoms with Crippen molar-refractivity contribution in [3.8, 4) is 17.2 Å². The maximum atomic E-state index is 13.2. The van der Waals surface area contributed by atoms with Gasteiger partial charge in [-0.25, -0.2) is 14.8 Å². The molecule has 12 heteroatoms. The topological polar surface area (TPSA) is 130 Å². The van der Waals surface area contributed by atoms with E-state index >= 15 is 0 Å². The van der Waals surface area contributed by atoms with Crippen molar-refractivity contribution in [2.75, 3.05) is 44.6 Å². The van der Waals surface area contributed by atoms with Gasteiger partial charge in [0.1, 0.15) is 39.5 Å². The summed E-state index contributed by atoms with van der Waals surface area (Å²) in [5.74, 6) is 2.56. The number of esters is 1. The van der Waals surface area contributed by atoms with E-state index in [1.54, 1.807) is 14.2 Å². The van der Waals surface area contributed by atoms with Gasteiger partial charge in [0.25, 0.3) is 0 Å². The van der Waals surface area contributed by atoms with Gasteiger partial charge in [-0.1, -0.05) is 18.2 Å². The van der Waals surface area contributed by atoms with Gasteiger partial charge in [0.15, 0.2) is 11.5 Å². The number of rotatable bonds is 9. The van der Waals surface area contributed by atoms with E-state index in [1.807, 2.05) is 68.1 Å². The van der Waals surface area contributed by atoms with Gasteiger partial charge in [-0.05, 0) is 39.0 Å². The number of aromatic nitrogens is 2. The number of fused-ring (bicyclic) bond motifs is 1. The van der Waals surface area contributed by atoms with Gasteiger partial charge in [0.05, 0.1) is 27.5 Å². The van der Waals surface area contributed by atoms with Gasteiger partial charge in [-0.3, -0.25) is 0 Å². The predicted molar refractivity (Wildman–Crippen MR) is 165 cm³/mol. The summed E-state index contributed by atoms with van der Waals surface area (Å²) in [6.07, 6.45) is 2.75. The Morgan fingerprint density at radius 2 is 1.88 bits per heavy atom. The average Bonchev–Trinajstić information content (AvgIpc) is 3.31. The van der Waals surface area contributed by atoms with Crippen LogP contribution in [0.2, 0.25) is 0 Å². The van der Waals surface area contributed by atoms with Crippen LogP contribution in [0.5, 0.6) is 17.2 Å². The molecule has 2 N–H and O–H groups in total. The first kappa shape index (κ1) is 30.7. The molecule has 1 aromatic heterocycles. The monoisotopic (exact) mass is 609 g/mol. The van der Waals surface area contributed by atoms with E-state index in [0.29, 0.717) is 55.6 Å². The highest BCUT2D eigenvalue weighted by Crippen LogP contribution is 2.49. The molecule has 1 unspecified atom stereocenters. The van der Waals surface area contributed by atoms with Crippen molar-refractivity contribution >= 4 is 29.0 Å². The first-order valence-corrected chi connectivity index (χ1v) is 15.3. The van der Waals surface area contributed by atoms with Gasteiger partial charge >= 0.3 is 5.97 Å². The van der Waals surface area contributed by atoms with Crippen LogP contribution in [-0.4, -0.2) is 65.3 Å². The van der Waals surface area contributed by atoms with Crippen molar-refractivity contribution in [1.29, 1.82) is 0 Å². The molecule has 3 aromatic rings. The van der Waals surface area contributed by atoms with Crippen LogP contribution >= 0.6 is 0 Å². The minimum atomic E-state index is -1.30. The van der Waals surface area contributed by atoms with E-state index in [0.717, 1.165) is 16.9 Å². The van der Waals surface area contributed by atoms with E-state index in [1.165, 1.54) is 13.3 Å². The number of nitrogens with zero attached hydrogens (tertiary/aromatic N) is 3. The predicted octanol–water partition coefficient (Wildman–Crippen LogP) is 4.42. The fraction of sp³-hybridized carbons (Fsp3) is 0.452. The second kappa shape index (κ2) is 12.5. The number of piperidine rings is 1. The molecule has 2 atom stereocenters. The van der Waals surface area contributed by atoms with Crippen LogP contribution < -0.4 is 29.1 Å². The summed E-state index contributed by atoms with van der Waals surface area (Å²) in [6.45, 7) is 7.36. The molecule has 230 valence electrons. The van der Waals surface area contributed by atoms with Crippen LogP contribution in [0.3, 0.4) is 0 Å². The molecule has 43 heavy (non-hydrogen) atoms. The molecule has 0 radical (unpaired) electrons. The number of benzene rings is 2. The first-order chi connectivity index (χ1) is 20.6. The van der Waals surface area contributed by atoms with Gasteiger partial charge in [0.2, 0.25) is 0 Å². The number of anilines is 2. The van der Waals surface area contributed by atoms with Crippen LogP contribution in [0.1, 0.15) is 61.3 Å². The van der Waals surface area contributed by atoms with Gasteiger partial charge in [-0.15, -0.1) is 4.72 Å². The van der Waals surface area contributed by atoms with E-state index in [4.69, 9.17) is 23.9 Å². The van der Waals surface area contributed by atoms with Crippen molar-refractivity contribution in [3.63, 3.8) is 0 Å². The summed E-state index contributed by atoms with van der Waals surface area (Å²) in [6, 6.07) is 13.3. The van der Waals surface area contributed by atoms with Gasteiger partial charge in [0, 0.05) is 61.0 Å². The maximum absolute atomic E-state index is 13.2. The molecule has 3 heterocycles. The Balaban J connectivity index is 1.37. The lowest BCUT2D eigenvalue weighted by Gasteiger charge is -2.43. The van der Waals surface area contributed by atoms with Crippen molar-refractivity contribution in [3.05, 3.63) is 65.5 Å². The summed E-state index contributed by atoms with van der Waals surface area (Å²) in [7, 11) is 4.55. The van der Waals surface area contributed by atoms with E-state index < -0.39 is 27.7 Å². The highest BCUT2D eigenvalue weighted by molar-refractivity contribution is 7.90. The molecule has 0 bridgehead atoms. The molecular formula is C31H39N5O6S. The Morgan fingerprint density at radius 1 is 1.14 bits per heavy atom. The highest BCUT2D eigenvalue weighted by Gasteiger charge is 2.53. The number of hydrogen-bond donors (Lipinski definition) is 2. The maximum Gasteiger partial charge on any atom is 0.360 e. The number of carbonyl (C=O) groups is 1. The van der Waals surface area contributed by atoms with Crippen LogP contribution in [0.4, 0.5) is 11.6 Å². The lowest BCUT2D eigenvalue weighted by molar-refractivity contribution is 0.0378. The number of methoxy groups -OCH3 is 3. The highest BCUT2D eigenvalue weighted by atomic mass is 32.2. The van der Waals surface area contributed by atoms with Crippen molar-refractivity contribution in [2.24, 2.45) is 0 Å². The zero-order valence-electron chi connectivity index (χ0n) is 25.4. The van der Waals surface area contributed by atoms with E-state index in [-0.39, 0.29) is 11.7 Å². The second-order valence-corrected chi connectivity index (χ2v) is 13.6. The molecule has 11 nitrogen and oxygen atoms in total. The smallest absolute Gasteiger partial charge is 0.360 e. The minimum absolute atomic E-state index is 0.144. The van der Waals surface area contributed by atoms with Crippen LogP contribution in [0.25, 0.3) is 0 Å². The third kappa shape index (κ3) is 6.31. The summed E-state index contributed by atoms with van der Waals surface area (Å²) in [5, 5.41) is 3.30. The Hall–Kier alpha value is -3.74. The minimum Gasteiger partial charge on any atom is -0.598 e. The van der Waals surface area contributed by atoms with Crippen LogP contribution in [-0.2, 0) is 22.6 Å². The summed E-state index contributed by atoms with van der Waals surface area (Å²) >= 11 is -1.30. The van der Waals surface area contributed by atoms with Crippen molar-refractivity contribution in [2.45, 2.75) is 56.5 Å². The van der Waals surface area contributed by atoms with Gasteiger partial charge < -0.3 is 33.7 Å². The zero-order chi connectivity index (χ0) is 30.8. The number of carbonyl (C=O) groups excluding carboxylic acids is 1. The fourth-order valence-electron chi connectivity index (χ4n) is 5.43. The molecule has 1 fully saturated rings. The molecule has 0 amide bonds. The average molecular weight is 610 g/mol. The number of nitrogens with one attached hydrogen (secondary N) is 2. The number of hydrogen-bond acceptors (Lipinski definition) is 11. The first-order valence-electron chi connectivity index (χ1n) is 14.2. The molecule has 2 aliphatic heterocycles. The third-order valence-corrected chi connectivity index (χ3v) is 9.41. The fourth-order valence-corrected chi connectivity index (χ4v) is 6.33. The molecule has 2 aromatic carbocycles. The lowest BCUT2D eigenvalue weighted by atomic mass is 9.83. The Labute approximate surface area is 255 Å². The zero-order valence-corrected chi connectivity index (χ0v) is 26.2. The summed E-state index contributed by atoms with van der Waals surface area (Å²) in [4.78, 5) is 24.0. The quantitative estimate of drug-likeness (QED) is 0.264. The van der Waals surface area contributed by atoms with E-state index in [9.17, 15) is 9.35 Å². The molecule has 0 aliphatic carbocycles. The van der Waals surface area contributed by atoms with Gasteiger partial charge in [-0.2, -0.15) is 0 Å². The van der Waals surface area contributed by atoms with E-state index in [2.05, 4.69) is 15.0 Å². The Morgan fingerprint density at radius 3 is 2.56 bits per heavy atom. The van der Waals surface area contributed by atoms with Crippen LogP contribution in [0.15, 0.2) is 48.7 Å². The third-order valence-electron chi connectivity index (χ3n) is 7.85. The molecular weight excluding hydrogens is 570 g/mol. The lowest BCUT2D eigenvalue weighted by Crippen LogP contribution is -2.55. The number of ether oxygens (including phenoxy) is 4. The summed E-state index contributed by atoms with van der Waals surface area (Å²) < 4.78 is 38.6. The Bertz CT molecular complexity index is 1460. The van der Waals surface area contributed by atoms with Crippen LogP contribution in [0, 0.1) is 0 Å². The molecule has 0 saturated carbocycles. The normalized spacial score (nSPS) is 18.0. The SMILES string of the molecule is COC(=O)c1ncc(NCc2ccc(OC)cc2OC)nc1N1CCC2(CC1)Oc1ccccc1[C@H]2N[S+]([O-])C(C)(C)C. The molecule has 1 spiro atoms. The van der Waals surface area contributed by atoms with Crippen molar-refractivity contribution in [1.82, 2.24) is 14.7 Å². The molecule has 1 saturated heterocycles. The molecule has 2 aliphatic rings. The summed E-state index contributed by atoms with van der Waals surface area (Å²) in [5.41, 5.74) is 1.46. The Kier molecular flexibility index (Phi) is 8.91.